The van der Waals surface area contributed by atoms with Gasteiger partial charge in [0, 0.05) is 43.1 Å². The summed E-state index contributed by atoms with van der Waals surface area (Å²) in [5.41, 5.74) is 5.67. The van der Waals surface area contributed by atoms with Crippen molar-refractivity contribution in [3.63, 3.8) is 0 Å². The van der Waals surface area contributed by atoms with Gasteiger partial charge in [-0.2, -0.15) is 0 Å². The lowest BCUT2D eigenvalue weighted by Crippen LogP contribution is -2.48. The quantitative estimate of drug-likeness (QED) is 0.460. The number of nitrogens with one attached hydrogen (secondary N) is 1. The van der Waals surface area contributed by atoms with E-state index in [4.69, 9.17) is 16.3 Å². The van der Waals surface area contributed by atoms with E-state index in [0.29, 0.717) is 29.5 Å². The van der Waals surface area contributed by atoms with E-state index >= 15 is 0 Å². The van der Waals surface area contributed by atoms with E-state index in [2.05, 4.69) is 17.1 Å². The molecule has 1 heterocycles. The van der Waals surface area contributed by atoms with Crippen molar-refractivity contribution in [3.05, 3.63) is 87.9 Å². The average Bonchev–Trinajstić information content (AvgIpc) is 2.88. The largest absolute Gasteiger partial charge is 0.482 e. The van der Waals surface area contributed by atoms with Gasteiger partial charge in [0.25, 0.3) is 11.8 Å². The molecule has 6 nitrogen and oxygen atoms in total. The summed E-state index contributed by atoms with van der Waals surface area (Å²) >= 11 is 6.26. The van der Waals surface area contributed by atoms with Crippen LogP contribution in [0.2, 0.25) is 5.02 Å². The fourth-order valence-corrected chi connectivity index (χ4v) is 4.78. The molecule has 1 aliphatic heterocycles. The minimum Gasteiger partial charge on any atom is -0.482 e. The molecule has 0 spiro atoms. The zero-order valence-electron chi connectivity index (χ0n) is 21.0. The Morgan fingerprint density at radius 2 is 1.61 bits per heavy atom. The number of amides is 2. The van der Waals surface area contributed by atoms with Crippen LogP contribution in [0.3, 0.4) is 0 Å². The van der Waals surface area contributed by atoms with Gasteiger partial charge in [-0.1, -0.05) is 36.7 Å². The van der Waals surface area contributed by atoms with Crippen LogP contribution in [0, 0.1) is 13.8 Å². The van der Waals surface area contributed by atoms with Crippen LogP contribution in [0.15, 0.2) is 60.7 Å². The molecular formula is C29H32ClN3O3. The smallest absolute Gasteiger partial charge is 0.262 e. The van der Waals surface area contributed by atoms with Crippen LogP contribution in [0.1, 0.15) is 34.0 Å². The first-order valence-electron chi connectivity index (χ1n) is 12.3. The summed E-state index contributed by atoms with van der Waals surface area (Å²) < 4.78 is 5.66. The monoisotopic (exact) mass is 505 g/mol. The Morgan fingerprint density at radius 3 is 2.22 bits per heavy atom. The van der Waals surface area contributed by atoms with E-state index in [1.807, 2.05) is 79.4 Å². The zero-order chi connectivity index (χ0) is 25.7. The van der Waals surface area contributed by atoms with Gasteiger partial charge >= 0.3 is 0 Å². The number of piperazine rings is 1. The molecular weight excluding hydrogens is 474 g/mol. The standard InChI is InChI=1S/C29H32ClN3O3/c1-4-22-5-7-23(8-6-22)29(35)33-15-13-32(14-16-33)25-11-9-24(10-12-25)31-27(34)19-36-28-21(3)17-20(2)18-26(28)30/h5-12,17-18H,4,13-16,19H2,1-3H3,(H,31,34). The Balaban J connectivity index is 1.27. The lowest BCUT2D eigenvalue weighted by Gasteiger charge is -2.36. The van der Waals surface area contributed by atoms with E-state index in [9.17, 15) is 9.59 Å². The van der Waals surface area contributed by atoms with E-state index in [-0.39, 0.29) is 18.4 Å². The second kappa shape index (κ2) is 11.5. The number of carbonyl (C=O) groups excluding carboxylic acids is 2. The Labute approximate surface area is 217 Å². The third-order valence-electron chi connectivity index (χ3n) is 6.41. The van der Waals surface area contributed by atoms with E-state index in [1.165, 1.54) is 5.56 Å². The Kier molecular flexibility index (Phi) is 8.16. The first kappa shape index (κ1) is 25.6. The molecule has 0 aliphatic carbocycles. The molecule has 3 aromatic rings. The van der Waals surface area contributed by atoms with Gasteiger partial charge in [-0.25, -0.2) is 0 Å². The maximum absolute atomic E-state index is 12.8. The van der Waals surface area contributed by atoms with Gasteiger partial charge in [0.15, 0.2) is 6.61 Å². The third-order valence-corrected chi connectivity index (χ3v) is 6.69. The summed E-state index contributed by atoms with van der Waals surface area (Å²) in [7, 11) is 0. The number of carbonyl (C=O) groups is 2. The lowest BCUT2D eigenvalue weighted by molar-refractivity contribution is -0.118. The Hall–Kier alpha value is -3.51. The van der Waals surface area contributed by atoms with Gasteiger partial charge in [0.2, 0.25) is 0 Å². The second-order valence-electron chi connectivity index (χ2n) is 9.11. The van der Waals surface area contributed by atoms with Crippen molar-refractivity contribution in [1.29, 1.82) is 0 Å². The molecule has 0 atom stereocenters. The summed E-state index contributed by atoms with van der Waals surface area (Å²) in [6, 6.07) is 19.4. The highest BCUT2D eigenvalue weighted by atomic mass is 35.5. The molecule has 0 aromatic heterocycles. The number of nitrogens with zero attached hydrogens (tertiary/aromatic N) is 2. The number of hydrogen-bond acceptors (Lipinski definition) is 4. The van der Waals surface area contributed by atoms with Crippen molar-refractivity contribution in [2.24, 2.45) is 0 Å². The number of aryl methyl sites for hydroxylation is 3. The molecule has 1 aliphatic rings. The fraction of sp³-hybridized carbons (Fsp3) is 0.310. The average molecular weight is 506 g/mol. The molecule has 188 valence electrons. The van der Waals surface area contributed by atoms with Crippen LogP contribution in [0.25, 0.3) is 0 Å². The van der Waals surface area contributed by atoms with Crippen molar-refractivity contribution in [1.82, 2.24) is 4.90 Å². The number of hydrogen-bond donors (Lipinski definition) is 1. The minimum atomic E-state index is -0.252. The number of anilines is 2. The molecule has 7 heteroatoms. The number of rotatable bonds is 7. The SMILES string of the molecule is CCc1ccc(C(=O)N2CCN(c3ccc(NC(=O)COc4c(C)cc(C)cc4Cl)cc3)CC2)cc1. The molecule has 1 saturated heterocycles. The second-order valence-corrected chi connectivity index (χ2v) is 9.51. The van der Waals surface area contributed by atoms with Crippen LogP contribution < -0.4 is 15.0 Å². The Morgan fingerprint density at radius 1 is 0.944 bits per heavy atom. The number of halogens is 1. The fourth-order valence-electron chi connectivity index (χ4n) is 4.41. The number of benzene rings is 3. The molecule has 0 unspecified atom stereocenters. The zero-order valence-corrected chi connectivity index (χ0v) is 21.8. The molecule has 36 heavy (non-hydrogen) atoms. The predicted molar refractivity (Wildman–Crippen MR) is 145 cm³/mol. The van der Waals surface area contributed by atoms with Gasteiger partial charge in [0.1, 0.15) is 5.75 Å². The van der Waals surface area contributed by atoms with Crippen LogP contribution in [0.5, 0.6) is 5.75 Å². The topological polar surface area (TPSA) is 61.9 Å². The molecule has 0 radical (unpaired) electrons. The molecule has 3 aromatic carbocycles. The summed E-state index contributed by atoms with van der Waals surface area (Å²) in [5, 5.41) is 3.36. The van der Waals surface area contributed by atoms with Gasteiger partial charge < -0.3 is 19.9 Å². The molecule has 1 N–H and O–H groups in total. The molecule has 0 bridgehead atoms. The van der Waals surface area contributed by atoms with Crippen LogP contribution in [-0.4, -0.2) is 49.5 Å². The van der Waals surface area contributed by atoms with E-state index in [0.717, 1.165) is 41.9 Å². The first-order chi connectivity index (χ1) is 17.3. The molecule has 0 saturated carbocycles. The molecule has 2 amide bonds. The van der Waals surface area contributed by atoms with Gasteiger partial charge in [-0.3, -0.25) is 9.59 Å². The van der Waals surface area contributed by atoms with Crippen molar-refractivity contribution >= 4 is 34.8 Å². The highest BCUT2D eigenvalue weighted by molar-refractivity contribution is 6.32. The van der Waals surface area contributed by atoms with Gasteiger partial charge in [0.05, 0.1) is 5.02 Å². The minimum absolute atomic E-state index is 0.0831. The molecule has 1 fully saturated rings. The maximum Gasteiger partial charge on any atom is 0.262 e. The van der Waals surface area contributed by atoms with Crippen molar-refractivity contribution in [2.45, 2.75) is 27.2 Å². The number of ether oxygens (including phenoxy) is 1. The lowest BCUT2D eigenvalue weighted by atomic mass is 10.1. The van der Waals surface area contributed by atoms with E-state index < -0.39 is 0 Å². The summed E-state index contributed by atoms with van der Waals surface area (Å²) in [6.07, 6.45) is 0.964. The van der Waals surface area contributed by atoms with Gasteiger partial charge in [-0.15, -0.1) is 0 Å². The van der Waals surface area contributed by atoms with Gasteiger partial charge in [-0.05, 0) is 79.4 Å². The Bertz CT molecular complexity index is 1190. The molecule has 4 rings (SSSR count). The summed E-state index contributed by atoms with van der Waals surface area (Å²) in [5.74, 6) is 0.362. The highest BCUT2D eigenvalue weighted by Crippen LogP contribution is 2.29. The van der Waals surface area contributed by atoms with Crippen LogP contribution in [-0.2, 0) is 11.2 Å². The third kappa shape index (κ3) is 6.18. The first-order valence-corrected chi connectivity index (χ1v) is 12.6. The van der Waals surface area contributed by atoms with Crippen molar-refractivity contribution in [3.8, 4) is 5.75 Å². The van der Waals surface area contributed by atoms with Crippen molar-refractivity contribution < 1.29 is 14.3 Å². The maximum atomic E-state index is 12.8. The van der Waals surface area contributed by atoms with Crippen LogP contribution in [0.4, 0.5) is 11.4 Å². The summed E-state index contributed by atoms with van der Waals surface area (Å²) in [4.78, 5) is 29.4. The predicted octanol–water partition coefficient (Wildman–Crippen LogP) is 5.50. The summed E-state index contributed by atoms with van der Waals surface area (Å²) in [6.45, 7) is 8.71. The van der Waals surface area contributed by atoms with E-state index in [1.54, 1.807) is 0 Å². The highest BCUT2D eigenvalue weighted by Gasteiger charge is 2.22. The van der Waals surface area contributed by atoms with Crippen molar-refractivity contribution in [2.75, 3.05) is 43.0 Å². The van der Waals surface area contributed by atoms with Crippen LogP contribution >= 0.6 is 11.6 Å². The normalized spacial score (nSPS) is 13.4.